The van der Waals surface area contributed by atoms with Crippen LogP contribution in [0.5, 0.6) is 0 Å². The van der Waals surface area contributed by atoms with E-state index < -0.39 is 0 Å². The Morgan fingerprint density at radius 2 is 1.88 bits per heavy atom. The zero-order chi connectivity index (χ0) is 11.8. The monoisotopic (exact) mass is 249 g/mol. The Labute approximate surface area is 106 Å². The van der Waals surface area contributed by atoms with Crippen molar-refractivity contribution >= 4 is 17.5 Å². The number of carbonyl (C=O) groups excluding carboxylic acids is 1. The lowest BCUT2D eigenvalue weighted by atomic mass is 10.1. The van der Waals surface area contributed by atoms with Crippen molar-refractivity contribution in [3.63, 3.8) is 0 Å². The molecule has 2 fully saturated rings. The molecule has 0 aliphatic heterocycles. The average Bonchev–Trinajstić information content (AvgIpc) is 3.16. The molecule has 0 radical (unpaired) electrons. The van der Waals surface area contributed by atoms with Crippen molar-refractivity contribution in [1.29, 1.82) is 0 Å². The van der Waals surface area contributed by atoms with E-state index in [1.807, 2.05) is 12.1 Å². The molecule has 0 spiro atoms. The zero-order valence-electron chi connectivity index (χ0n) is 9.66. The molecule has 2 aliphatic rings. The van der Waals surface area contributed by atoms with E-state index in [-0.39, 0.29) is 5.91 Å². The molecule has 0 unspecified atom stereocenters. The third kappa shape index (κ3) is 2.63. The molecule has 1 aromatic rings. The van der Waals surface area contributed by atoms with Crippen molar-refractivity contribution in [2.24, 2.45) is 11.8 Å². The van der Waals surface area contributed by atoms with E-state index in [1.54, 1.807) is 12.1 Å². The Bertz CT molecular complexity index is 426. The summed E-state index contributed by atoms with van der Waals surface area (Å²) in [4.78, 5) is 12.1. The van der Waals surface area contributed by atoms with Crippen molar-refractivity contribution in [1.82, 2.24) is 5.32 Å². The number of amides is 1. The fourth-order valence-electron chi connectivity index (χ4n) is 2.40. The number of nitrogens with one attached hydrogen (secondary N) is 1. The first-order valence-electron chi connectivity index (χ1n) is 6.30. The van der Waals surface area contributed by atoms with Crippen molar-refractivity contribution in [2.45, 2.75) is 31.7 Å². The van der Waals surface area contributed by atoms with Gasteiger partial charge in [-0.2, -0.15) is 0 Å². The average molecular weight is 250 g/mol. The maximum Gasteiger partial charge on any atom is 0.251 e. The Hall–Kier alpha value is -1.02. The Balaban J connectivity index is 1.69. The first-order valence-corrected chi connectivity index (χ1v) is 6.68. The summed E-state index contributed by atoms with van der Waals surface area (Å²) in [6.45, 7) is 0. The SMILES string of the molecule is O=C(NC(C1CC1)C1CC1)c1cccc(Cl)c1. The molecule has 2 aliphatic carbocycles. The second-order valence-electron chi connectivity index (χ2n) is 5.18. The molecule has 17 heavy (non-hydrogen) atoms. The van der Waals surface area contributed by atoms with Crippen LogP contribution >= 0.6 is 11.6 Å². The molecule has 2 nitrogen and oxygen atoms in total. The highest BCUT2D eigenvalue weighted by atomic mass is 35.5. The molecule has 1 aromatic carbocycles. The van der Waals surface area contributed by atoms with Gasteiger partial charge in [0.1, 0.15) is 0 Å². The van der Waals surface area contributed by atoms with Crippen LogP contribution in [-0.4, -0.2) is 11.9 Å². The summed E-state index contributed by atoms with van der Waals surface area (Å²) in [7, 11) is 0. The van der Waals surface area contributed by atoms with Crippen molar-refractivity contribution in [3.8, 4) is 0 Å². The lowest BCUT2D eigenvalue weighted by molar-refractivity contribution is 0.0926. The van der Waals surface area contributed by atoms with Gasteiger partial charge in [-0.3, -0.25) is 4.79 Å². The van der Waals surface area contributed by atoms with Gasteiger partial charge in [-0.25, -0.2) is 0 Å². The van der Waals surface area contributed by atoms with Crippen LogP contribution in [0.2, 0.25) is 5.02 Å². The number of carbonyl (C=O) groups is 1. The fourth-order valence-corrected chi connectivity index (χ4v) is 2.59. The number of hydrogen-bond acceptors (Lipinski definition) is 1. The molecule has 3 rings (SSSR count). The summed E-state index contributed by atoms with van der Waals surface area (Å²) in [5.41, 5.74) is 0.670. The summed E-state index contributed by atoms with van der Waals surface area (Å²) in [6, 6.07) is 7.56. The molecule has 0 bridgehead atoms. The maximum atomic E-state index is 12.1. The predicted molar refractivity (Wildman–Crippen MR) is 68.2 cm³/mol. The van der Waals surface area contributed by atoms with Gasteiger partial charge in [0, 0.05) is 16.6 Å². The van der Waals surface area contributed by atoms with E-state index in [9.17, 15) is 4.79 Å². The smallest absolute Gasteiger partial charge is 0.251 e. The van der Waals surface area contributed by atoms with Gasteiger partial charge >= 0.3 is 0 Å². The van der Waals surface area contributed by atoms with Gasteiger partial charge in [0.15, 0.2) is 0 Å². The van der Waals surface area contributed by atoms with Crippen LogP contribution in [0.1, 0.15) is 36.0 Å². The maximum absolute atomic E-state index is 12.1. The molecule has 3 heteroatoms. The quantitative estimate of drug-likeness (QED) is 0.872. The van der Waals surface area contributed by atoms with Gasteiger partial charge in [0.25, 0.3) is 5.91 Å². The minimum Gasteiger partial charge on any atom is -0.349 e. The molecule has 0 atom stereocenters. The number of benzene rings is 1. The van der Waals surface area contributed by atoms with Crippen LogP contribution in [0.15, 0.2) is 24.3 Å². The fraction of sp³-hybridized carbons (Fsp3) is 0.500. The number of halogens is 1. The lowest BCUT2D eigenvalue weighted by Crippen LogP contribution is -2.38. The Kier molecular flexibility index (Phi) is 2.83. The summed E-state index contributed by atoms with van der Waals surface area (Å²) >= 11 is 5.90. The van der Waals surface area contributed by atoms with Gasteiger partial charge < -0.3 is 5.32 Å². The summed E-state index contributed by atoms with van der Waals surface area (Å²) in [5.74, 6) is 1.48. The van der Waals surface area contributed by atoms with E-state index in [0.29, 0.717) is 16.6 Å². The van der Waals surface area contributed by atoms with Crippen molar-refractivity contribution in [2.75, 3.05) is 0 Å². The first kappa shape index (κ1) is 11.1. The molecule has 0 heterocycles. The summed E-state index contributed by atoms with van der Waals surface area (Å²) in [5, 5.41) is 3.80. The van der Waals surface area contributed by atoms with Crippen LogP contribution in [0, 0.1) is 11.8 Å². The first-order chi connectivity index (χ1) is 8.24. The normalized spacial score (nSPS) is 19.4. The molecule has 0 saturated heterocycles. The van der Waals surface area contributed by atoms with Crippen molar-refractivity contribution in [3.05, 3.63) is 34.9 Å². The van der Waals surface area contributed by atoms with Crippen LogP contribution in [0.4, 0.5) is 0 Å². The van der Waals surface area contributed by atoms with Gasteiger partial charge in [0.2, 0.25) is 0 Å². The standard InChI is InChI=1S/C14H16ClNO/c15-12-3-1-2-11(8-12)14(17)16-13(9-4-5-9)10-6-7-10/h1-3,8-10,13H,4-7H2,(H,16,17). The zero-order valence-corrected chi connectivity index (χ0v) is 10.4. The molecule has 0 aromatic heterocycles. The van der Waals surface area contributed by atoms with Crippen LogP contribution in [0.3, 0.4) is 0 Å². The van der Waals surface area contributed by atoms with Gasteiger partial charge in [0.05, 0.1) is 0 Å². The van der Waals surface area contributed by atoms with E-state index in [0.717, 1.165) is 11.8 Å². The Morgan fingerprint density at radius 3 is 2.41 bits per heavy atom. The van der Waals surface area contributed by atoms with Crippen LogP contribution in [-0.2, 0) is 0 Å². The minimum absolute atomic E-state index is 0.0244. The molecule has 1 amide bonds. The largest absolute Gasteiger partial charge is 0.349 e. The van der Waals surface area contributed by atoms with Crippen LogP contribution < -0.4 is 5.32 Å². The van der Waals surface area contributed by atoms with Gasteiger partial charge in [-0.05, 0) is 55.7 Å². The van der Waals surface area contributed by atoms with E-state index in [1.165, 1.54) is 25.7 Å². The molecule has 1 N–H and O–H groups in total. The van der Waals surface area contributed by atoms with Gasteiger partial charge in [-0.1, -0.05) is 17.7 Å². The highest BCUT2D eigenvalue weighted by Gasteiger charge is 2.42. The third-order valence-electron chi connectivity index (χ3n) is 3.64. The topological polar surface area (TPSA) is 29.1 Å². The third-order valence-corrected chi connectivity index (χ3v) is 3.88. The second kappa shape index (κ2) is 4.34. The number of rotatable bonds is 4. The molecule has 90 valence electrons. The molecular formula is C14H16ClNO. The van der Waals surface area contributed by atoms with Crippen LogP contribution in [0.25, 0.3) is 0 Å². The van der Waals surface area contributed by atoms with Gasteiger partial charge in [-0.15, -0.1) is 0 Å². The second-order valence-corrected chi connectivity index (χ2v) is 5.62. The molecule has 2 saturated carbocycles. The molecular weight excluding hydrogens is 234 g/mol. The minimum atomic E-state index is 0.0244. The number of hydrogen-bond donors (Lipinski definition) is 1. The summed E-state index contributed by atoms with van der Waals surface area (Å²) < 4.78 is 0. The lowest BCUT2D eigenvalue weighted by Gasteiger charge is -2.17. The predicted octanol–water partition coefficient (Wildman–Crippen LogP) is 3.26. The summed E-state index contributed by atoms with van der Waals surface area (Å²) in [6.07, 6.45) is 5.10. The van der Waals surface area contributed by atoms with E-state index >= 15 is 0 Å². The van der Waals surface area contributed by atoms with E-state index in [2.05, 4.69) is 5.32 Å². The highest BCUT2D eigenvalue weighted by Crippen LogP contribution is 2.44. The Morgan fingerprint density at radius 1 is 1.24 bits per heavy atom. The van der Waals surface area contributed by atoms with E-state index in [4.69, 9.17) is 11.6 Å². The van der Waals surface area contributed by atoms with Crippen molar-refractivity contribution < 1.29 is 4.79 Å². The highest BCUT2D eigenvalue weighted by molar-refractivity contribution is 6.30.